The molecule has 0 heterocycles. The predicted molar refractivity (Wildman–Crippen MR) is 113 cm³/mol. The SMILES string of the molecule is O=C(O)CCc1ccc(O)c(NC(=O)OCC2c3ccccc3-c3ccccc32)c1. The van der Waals surface area contributed by atoms with Gasteiger partial charge < -0.3 is 14.9 Å². The van der Waals surface area contributed by atoms with Crippen molar-refractivity contribution in [3.63, 3.8) is 0 Å². The molecule has 0 aromatic heterocycles. The summed E-state index contributed by atoms with van der Waals surface area (Å²) in [5, 5.41) is 21.4. The van der Waals surface area contributed by atoms with E-state index in [-0.39, 0.29) is 30.4 Å². The van der Waals surface area contributed by atoms with Crippen LogP contribution < -0.4 is 5.32 Å². The normalized spacial score (nSPS) is 12.1. The molecule has 3 aromatic rings. The zero-order chi connectivity index (χ0) is 21.1. The van der Waals surface area contributed by atoms with E-state index in [0.717, 1.165) is 22.3 Å². The third-order valence-electron chi connectivity index (χ3n) is 5.27. The van der Waals surface area contributed by atoms with Gasteiger partial charge in [-0.2, -0.15) is 0 Å². The van der Waals surface area contributed by atoms with Gasteiger partial charge in [-0.05, 0) is 46.4 Å². The molecule has 0 atom stereocenters. The molecule has 1 aliphatic rings. The number of rotatable bonds is 6. The molecule has 1 aliphatic carbocycles. The highest BCUT2D eigenvalue weighted by atomic mass is 16.5. The van der Waals surface area contributed by atoms with Crippen LogP contribution in [0.15, 0.2) is 66.7 Å². The van der Waals surface area contributed by atoms with Gasteiger partial charge in [0.25, 0.3) is 0 Å². The van der Waals surface area contributed by atoms with Gasteiger partial charge in [0.05, 0.1) is 5.69 Å². The van der Waals surface area contributed by atoms with E-state index in [2.05, 4.69) is 17.4 Å². The van der Waals surface area contributed by atoms with Crippen LogP contribution in [0.4, 0.5) is 10.5 Å². The second-order valence-electron chi connectivity index (χ2n) is 7.20. The van der Waals surface area contributed by atoms with Gasteiger partial charge in [-0.1, -0.05) is 54.6 Å². The maximum Gasteiger partial charge on any atom is 0.411 e. The maximum atomic E-state index is 12.4. The van der Waals surface area contributed by atoms with Gasteiger partial charge in [0, 0.05) is 12.3 Å². The van der Waals surface area contributed by atoms with Crippen LogP contribution in [0.25, 0.3) is 11.1 Å². The van der Waals surface area contributed by atoms with Gasteiger partial charge >= 0.3 is 12.1 Å². The monoisotopic (exact) mass is 403 g/mol. The molecule has 1 amide bonds. The molecule has 6 nitrogen and oxygen atoms in total. The number of phenols is 1. The number of hydrogen-bond donors (Lipinski definition) is 3. The van der Waals surface area contributed by atoms with Gasteiger partial charge in [-0.25, -0.2) is 4.79 Å². The molecular weight excluding hydrogens is 382 g/mol. The third kappa shape index (κ3) is 3.98. The number of aliphatic carboxylic acids is 1. The zero-order valence-corrected chi connectivity index (χ0v) is 16.2. The predicted octanol–water partition coefficient (Wildman–Crippen LogP) is 4.77. The van der Waals surface area contributed by atoms with E-state index in [1.165, 1.54) is 6.07 Å². The van der Waals surface area contributed by atoms with E-state index in [1.54, 1.807) is 12.1 Å². The Morgan fingerprint density at radius 3 is 2.20 bits per heavy atom. The van der Waals surface area contributed by atoms with Crippen molar-refractivity contribution in [2.75, 3.05) is 11.9 Å². The highest BCUT2D eigenvalue weighted by molar-refractivity contribution is 5.87. The summed E-state index contributed by atoms with van der Waals surface area (Å²) in [6.07, 6.45) is -0.410. The van der Waals surface area contributed by atoms with Crippen molar-refractivity contribution >= 4 is 17.7 Å². The average Bonchev–Trinajstić information content (AvgIpc) is 3.06. The lowest BCUT2D eigenvalue weighted by molar-refractivity contribution is -0.136. The number of hydrogen-bond acceptors (Lipinski definition) is 4. The first-order chi connectivity index (χ1) is 14.5. The minimum absolute atomic E-state index is 0.0326. The van der Waals surface area contributed by atoms with Crippen LogP contribution in [0.5, 0.6) is 5.75 Å². The summed E-state index contributed by atoms with van der Waals surface area (Å²) in [4.78, 5) is 23.1. The summed E-state index contributed by atoms with van der Waals surface area (Å²) in [6.45, 7) is 0.166. The van der Waals surface area contributed by atoms with Gasteiger partial charge in [0.2, 0.25) is 0 Å². The topological polar surface area (TPSA) is 95.9 Å². The number of carbonyl (C=O) groups is 2. The molecule has 0 saturated carbocycles. The molecule has 0 spiro atoms. The average molecular weight is 403 g/mol. The van der Waals surface area contributed by atoms with Crippen molar-refractivity contribution in [2.45, 2.75) is 18.8 Å². The summed E-state index contributed by atoms with van der Waals surface area (Å²) in [6, 6.07) is 20.7. The molecule has 0 aliphatic heterocycles. The van der Waals surface area contributed by atoms with Crippen molar-refractivity contribution in [1.82, 2.24) is 0 Å². The fourth-order valence-electron chi connectivity index (χ4n) is 3.83. The van der Waals surface area contributed by atoms with Crippen LogP contribution in [-0.4, -0.2) is 28.9 Å². The van der Waals surface area contributed by atoms with E-state index in [4.69, 9.17) is 9.84 Å². The van der Waals surface area contributed by atoms with E-state index in [9.17, 15) is 14.7 Å². The van der Waals surface area contributed by atoms with Crippen LogP contribution in [0.2, 0.25) is 0 Å². The third-order valence-corrected chi connectivity index (χ3v) is 5.27. The molecule has 0 bridgehead atoms. The highest BCUT2D eigenvalue weighted by Gasteiger charge is 2.29. The van der Waals surface area contributed by atoms with Crippen LogP contribution in [0, 0.1) is 0 Å². The van der Waals surface area contributed by atoms with Crippen molar-refractivity contribution in [3.05, 3.63) is 83.4 Å². The van der Waals surface area contributed by atoms with E-state index >= 15 is 0 Å². The summed E-state index contributed by atoms with van der Waals surface area (Å²) in [5.74, 6) is -1.07. The number of nitrogens with one attached hydrogen (secondary N) is 1. The van der Waals surface area contributed by atoms with Crippen molar-refractivity contribution in [3.8, 4) is 16.9 Å². The summed E-state index contributed by atoms with van der Waals surface area (Å²) in [7, 11) is 0. The molecular formula is C24H21NO5. The number of ether oxygens (including phenoxy) is 1. The molecule has 0 fully saturated rings. The Morgan fingerprint density at radius 1 is 0.933 bits per heavy atom. The Kier molecular flexibility index (Phi) is 5.39. The van der Waals surface area contributed by atoms with Gasteiger partial charge in [-0.3, -0.25) is 10.1 Å². The summed E-state index contributed by atoms with van der Waals surface area (Å²) in [5.41, 5.74) is 5.41. The van der Waals surface area contributed by atoms with Crippen molar-refractivity contribution < 1.29 is 24.5 Å². The first kappa shape index (κ1) is 19.5. The smallest absolute Gasteiger partial charge is 0.411 e. The number of fused-ring (bicyclic) bond motifs is 3. The minimum atomic E-state index is -0.908. The van der Waals surface area contributed by atoms with E-state index < -0.39 is 12.1 Å². The lowest BCUT2D eigenvalue weighted by Crippen LogP contribution is -2.18. The molecule has 3 aromatic carbocycles. The number of anilines is 1. The first-order valence-electron chi connectivity index (χ1n) is 9.68. The fraction of sp³-hybridized carbons (Fsp3) is 0.167. The number of aromatic hydroxyl groups is 1. The number of amides is 1. The van der Waals surface area contributed by atoms with Gasteiger partial charge in [0.1, 0.15) is 12.4 Å². The van der Waals surface area contributed by atoms with Crippen LogP contribution in [0.1, 0.15) is 29.0 Å². The highest BCUT2D eigenvalue weighted by Crippen LogP contribution is 2.44. The molecule has 30 heavy (non-hydrogen) atoms. The number of carbonyl (C=O) groups excluding carboxylic acids is 1. The number of carboxylic acids is 1. The zero-order valence-electron chi connectivity index (χ0n) is 16.2. The Hall–Kier alpha value is -3.80. The van der Waals surface area contributed by atoms with E-state index in [0.29, 0.717) is 12.0 Å². The molecule has 0 unspecified atom stereocenters. The van der Waals surface area contributed by atoms with Crippen molar-refractivity contribution in [2.24, 2.45) is 0 Å². The second-order valence-corrected chi connectivity index (χ2v) is 7.20. The maximum absolute atomic E-state index is 12.4. The molecule has 0 saturated heterocycles. The quantitative estimate of drug-likeness (QED) is 0.515. The van der Waals surface area contributed by atoms with Crippen molar-refractivity contribution in [1.29, 1.82) is 0 Å². The molecule has 6 heteroatoms. The fourth-order valence-corrected chi connectivity index (χ4v) is 3.83. The lowest BCUT2D eigenvalue weighted by atomic mass is 9.98. The van der Waals surface area contributed by atoms with Gasteiger partial charge in [0.15, 0.2) is 0 Å². The number of aryl methyl sites for hydroxylation is 1. The van der Waals surface area contributed by atoms with Crippen LogP contribution in [0.3, 0.4) is 0 Å². The standard InChI is InChI=1S/C24H21NO5/c26-22-11-9-15(10-12-23(27)28)13-21(22)25-24(29)30-14-20-18-7-3-1-5-16(18)17-6-2-4-8-19(17)20/h1-9,11,13,20,26H,10,12,14H2,(H,25,29)(H,27,28). The minimum Gasteiger partial charge on any atom is -0.506 e. The molecule has 152 valence electrons. The van der Waals surface area contributed by atoms with Gasteiger partial charge in [-0.15, -0.1) is 0 Å². The Morgan fingerprint density at radius 2 is 1.57 bits per heavy atom. The van der Waals surface area contributed by atoms with E-state index in [1.807, 2.05) is 36.4 Å². The Labute approximate surface area is 173 Å². The van der Waals surface area contributed by atoms with Crippen LogP contribution in [-0.2, 0) is 16.0 Å². The summed E-state index contributed by atoms with van der Waals surface area (Å²) >= 11 is 0. The number of benzene rings is 3. The molecule has 0 radical (unpaired) electrons. The second kappa shape index (κ2) is 8.29. The largest absolute Gasteiger partial charge is 0.506 e. The molecule has 4 rings (SSSR count). The summed E-state index contributed by atoms with van der Waals surface area (Å²) < 4.78 is 5.48. The Bertz CT molecular complexity index is 1060. The first-order valence-corrected chi connectivity index (χ1v) is 9.68. The van der Waals surface area contributed by atoms with Crippen LogP contribution >= 0.6 is 0 Å². The number of phenolic OH excluding ortho intramolecular Hbond substituents is 1. The number of carboxylic acid groups (broad SMARTS) is 1. The molecule has 3 N–H and O–H groups in total. The Balaban J connectivity index is 1.45. The lowest BCUT2D eigenvalue weighted by Gasteiger charge is -2.15.